The van der Waals surface area contributed by atoms with Gasteiger partial charge >= 0.3 is 6.09 Å². The number of benzene rings is 3. The number of amides is 2. The summed E-state index contributed by atoms with van der Waals surface area (Å²) in [6, 6.07) is 22.6. The van der Waals surface area contributed by atoms with Gasteiger partial charge in [-0.3, -0.25) is 4.79 Å². The molecule has 3 aromatic rings. The summed E-state index contributed by atoms with van der Waals surface area (Å²) in [4.78, 5) is 24.4. The Morgan fingerprint density at radius 3 is 2.26 bits per heavy atom. The third kappa shape index (κ3) is 8.80. The van der Waals surface area contributed by atoms with Crippen LogP contribution < -0.4 is 15.5 Å². The molecule has 7 nitrogen and oxygen atoms in total. The number of rotatable bonds is 10. The molecule has 0 saturated carbocycles. The van der Waals surface area contributed by atoms with Gasteiger partial charge in [0.15, 0.2) is 0 Å². The van der Waals surface area contributed by atoms with Crippen molar-refractivity contribution in [3.8, 4) is 5.75 Å². The summed E-state index contributed by atoms with van der Waals surface area (Å²) in [5.74, 6) is 0.478. The van der Waals surface area contributed by atoms with E-state index < -0.39 is 12.1 Å². The van der Waals surface area contributed by atoms with Gasteiger partial charge in [-0.1, -0.05) is 60.7 Å². The number of hydrogen-bond acceptors (Lipinski definition) is 5. The lowest BCUT2D eigenvalue weighted by atomic mass is 10.0. The lowest BCUT2D eigenvalue weighted by Gasteiger charge is -2.18. The fraction of sp³-hybridized carbons (Fsp3) is 0.192. The Kier molecular flexibility index (Phi) is 10.8. The standard InChI is InChI=1S/C26H25I2N3O4/c1-2-34-26(33)30-23(20-11-7-4-8-12-20)15-24(32)31-29-16-19-13-21(27)25(22(28)14-19)35-17-18-9-5-3-6-10-18/h3-14,16,23H,2,15,17H2,1H3,(H,30,33)(H,31,32)/b29-16-/t23-/m1/s1. The molecule has 3 aromatic carbocycles. The molecule has 2 N–H and O–H groups in total. The van der Waals surface area contributed by atoms with Gasteiger partial charge in [0, 0.05) is 0 Å². The fourth-order valence-corrected chi connectivity index (χ4v) is 5.31. The molecule has 9 heteroatoms. The van der Waals surface area contributed by atoms with Gasteiger partial charge in [-0.25, -0.2) is 10.2 Å². The SMILES string of the molecule is CCOC(=O)N[C@H](CC(=O)N/N=C\c1cc(I)c(OCc2ccccc2)c(I)c1)c1ccccc1. The van der Waals surface area contributed by atoms with E-state index in [1.54, 1.807) is 13.1 Å². The minimum Gasteiger partial charge on any atom is -0.487 e. The molecular weight excluding hydrogens is 672 g/mol. The summed E-state index contributed by atoms with van der Waals surface area (Å²) < 4.78 is 12.9. The second-order valence-corrected chi connectivity index (χ2v) is 9.74. The molecule has 182 valence electrons. The number of hydrogen-bond donors (Lipinski definition) is 2. The van der Waals surface area contributed by atoms with Crippen LogP contribution in [0.15, 0.2) is 77.9 Å². The van der Waals surface area contributed by atoms with E-state index in [2.05, 4.69) is 61.0 Å². The van der Waals surface area contributed by atoms with E-state index in [4.69, 9.17) is 9.47 Å². The van der Waals surface area contributed by atoms with Crippen molar-refractivity contribution in [2.45, 2.75) is 26.0 Å². The predicted octanol–water partition coefficient (Wildman–Crippen LogP) is 5.80. The molecule has 35 heavy (non-hydrogen) atoms. The average molecular weight is 697 g/mol. The van der Waals surface area contributed by atoms with Crippen LogP contribution in [-0.4, -0.2) is 24.8 Å². The van der Waals surface area contributed by atoms with Crippen molar-refractivity contribution >= 4 is 63.4 Å². The zero-order valence-corrected chi connectivity index (χ0v) is 23.4. The highest BCUT2D eigenvalue weighted by molar-refractivity contribution is 14.1. The van der Waals surface area contributed by atoms with Gasteiger partial charge in [0.25, 0.3) is 0 Å². The number of nitrogens with zero attached hydrogens (tertiary/aromatic N) is 1. The van der Waals surface area contributed by atoms with E-state index in [9.17, 15) is 9.59 Å². The Labute approximate surface area is 232 Å². The maximum Gasteiger partial charge on any atom is 0.407 e. The molecule has 0 aliphatic heterocycles. The maximum absolute atomic E-state index is 12.5. The van der Waals surface area contributed by atoms with Gasteiger partial charge in [0.1, 0.15) is 12.4 Å². The van der Waals surface area contributed by atoms with E-state index in [1.807, 2.05) is 72.8 Å². The van der Waals surface area contributed by atoms with E-state index in [1.165, 1.54) is 0 Å². The van der Waals surface area contributed by atoms with Crippen LogP contribution in [0.2, 0.25) is 0 Å². The minimum atomic E-state index is -0.573. The molecule has 0 bridgehead atoms. The van der Waals surface area contributed by atoms with E-state index in [-0.39, 0.29) is 18.9 Å². The van der Waals surface area contributed by atoms with Gasteiger partial charge in [-0.2, -0.15) is 5.10 Å². The second-order valence-electron chi connectivity index (χ2n) is 7.41. The number of hydrazone groups is 1. The summed E-state index contributed by atoms with van der Waals surface area (Å²) in [5, 5.41) is 6.82. The Bertz CT molecular complexity index is 1130. The van der Waals surface area contributed by atoms with Crippen molar-refractivity contribution in [1.29, 1.82) is 0 Å². The first kappa shape index (κ1) is 26.9. The molecule has 0 aromatic heterocycles. The van der Waals surface area contributed by atoms with Crippen molar-refractivity contribution < 1.29 is 19.1 Å². The Hall–Kier alpha value is -2.67. The zero-order valence-electron chi connectivity index (χ0n) is 19.0. The van der Waals surface area contributed by atoms with Crippen LogP contribution in [0.3, 0.4) is 0 Å². The first-order chi connectivity index (χ1) is 17.0. The molecule has 0 fully saturated rings. The molecule has 1 atom stereocenters. The Balaban J connectivity index is 1.60. The minimum absolute atomic E-state index is 0.0154. The summed E-state index contributed by atoms with van der Waals surface area (Å²) >= 11 is 4.46. The highest BCUT2D eigenvalue weighted by Crippen LogP contribution is 2.29. The van der Waals surface area contributed by atoms with Crippen molar-refractivity contribution in [3.05, 3.63) is 96.6 Å². The highest BCUT2D eigenvalue weighted by Gasteiger charge is 2.19. The number of halogens is 2. The zero-order chi connectivity index (χ0) is 25.0. The summed E-state index contributed by atoms with van der Waals surface area (Å²) in [6.07, 6.45) is 1.03. The second kappa shape index (κ2) is 14.0. The molecule has 0 saturated heterocycles. The molecule has 0 heterocycles. The number of carbonyl (C=O) groups is 2. The maximum atomic E-state index is 12.5. The summed E-state index contributed by atoms with van der Waals surface area (Å²) in [5.41, 5.74) is 5.26. The normalized spacial score (nSPS) is 11.6. The fourth-order valence-electron chi connectivity index (χ4n) is 3.18. The van der Waals surface area contributed by atoms with Crippen molar-refractivity contribution in [3.63, 3.8) is 0 Å². The molecule has 0 aliphatic rings. The molecule has 0 aliphatic carbocycles. The number of ether oxygens (including phenoxy) is 2. The summed E-state index contributed by atoms with van der Waals surface area (Å²) in [7, 11) is 0. The van der Waals surface area contributed by atoms with Gasteiger partial charge in [0.2, 0.25) is 5.91 Å². The molecular formula is C26H25I2N3O4. The Morgan fingerprint density at radius 2 is 1.63 bits per heavy atom. The molecule has 0 radical (unpaired) electrons. The first-order valence-electron chi connectivity index (χ1n) is 10.9. The predicted molar refractivity (Wildman–Crippen MR) is 152 cm³/mol. The van der Waals surface area contributed by atoms with E-state index >= 15 is 0 Å². The monoisotopic (exact) mass is 697 g/mol. The third-order valence-electron chi connectivity index (χ3n) is 4.81. The quantitative estimate of drug-likeness (QED) is 0.159. The molecule has 0 spiro atoms. The third-order valence-corrected chi connectivity index (χ3v) is 6.41. The van der Waals surface area contributed by atoms with E-state index in [0.717, 1.165) is 29.6 Å². The van der Waals surface area contributed by atoms with Crippen molar-refractivity contribution in [2.24, 2.45) is 5.10 Å². The largest absolute Gasteiger partial charge is 0.487 e. The molecule has 2 amide bonds. The van der Waals surface area contributed by atoms with Gasteiger partial charge in [0.05, 0.1) is 32.4 Å². The number of alkyl carbamates (subject to hydrolysis) is 1. The first-order valence-corrected chi connectivity index (χ1v) is 13.1. The lowest BCUT2D eigenvalue weighted by Crippen LogP contribution is -2.33. The number of carbonyl (C=O) groups excluding carboxylic acids is 2. The van der Waals surface area contributed by atoms with Crippen LogP contribution in [0.5, 0.6) is 5.75 Å². The van der Waals surface area contributed by atoms with Crippen molar-refractivity contribution in [1.82, 2.24) is 10.7 Å². The number of nitrogens with one attached hydrogen (secondary N) is 2. The van der Waals surface area contributed by atoms with Crippen LogP contribution >= 0.6 is 45.2 Å². The van der Waals surface area contributed by atoms with Crippen LogP contribution in [-0.2, 0) is 16.1 Å². The lowest BCUT2D eigenvalue weighted by molar-refractivity contribution is -0.121. The van der Waals surface area contributed by atoms with Gasteiger partial charge in [-0.05, 0) is 80.9 Å². The van der Waals surface area contributed by atoms with Crippen LogP contribution in [0.4, 0.5) is 4.79 Å². The van der Waals surface area contributed by atoms with Crippen LogP contribution in [0.1, 0.15) is 36.1 Å². The molecule has 0 unspecified atom stereocenters. The van der Waals surface area contributed by atoms with Crippen LogP contribution in [0, 0.1) is 7.14 Å². The molecule has 3 rings (SSSR count). The smallest absolute Gasteiger partial charge is 0.407 e. The summed E-state index contributed by atoms with van der Waals surface area (Å²) in [6.45, 7) is 2.46. The Morgan fingerprint density at radius 1 is 1.00 bits per heavy atom. The average Bonchev–Trinajstić information content (AvgIpc) is 2.84. The van der Waals surface area contributed by atoms with Gasteiger partial charge in [-0.15, -0.1) is 0 Å². The van der Waals surface area contributed by atoms with E-state index in [0.29, 0.717) is 6.61 Å². The van der Waals surface area contributed by atoms with Gasteiger partial charge < -0.3 is 14.8 Å². The highest BCUT2D eigenvalue weighted by atomic mass is 127. The topological polar surface area (TPSA) is 89.0 Å². The van der Waals surface area contributed by atoms with Crippen LogP contribution in [0.25, 0.3) is 0 Å². The van der Waals surface area contributed by atoms with Crippen molar-refractivity contribution in [2.75, 3.05) is 6.61 Å².